The van der Waals surface area contributed by atoms with E-state index in [1.54, 1.807) is 12.1 Å². The van der Waals surface area contributed by atoms with E-state index in [1.807, 2.05) is 12.1 Å². The van der Waals surface area contributed by atoms with Gasteiger partial charge in [0.15, 0.2) is 0 Å². The van der Waals surface area contributed by atoms with Crippen LogP contribution in [0.2, 0.25) is 0 Å². The summed E-state index contributed by atoms with van der Waals surface area (Å²) in [7, 11) is 0. The topological polar surface area (TPSA) is 55.6 Å². The van der Waals surface area contributed by atoms with Gasteiger partial charge in [0.25, 0.3) is 5.69 Å². The molecule has 1 saturated heterocycles. The lowest BCUT2D eigenvalue weighted by Gasteiger charge is -2.31. The second-order valence-corrected chi connectivity index (χ2v) is 5.21. The molecular formula is C15H22N2O3. The van der Waals surface area contributed by atoms with Crippen molar-refractivity contribution in [3.8, 4) is 0 Å². The zero-order chi connectivity index (χ0) is 14.4. The van der Waals surface area contributed by atoms with Gasteiger partial charge < -0.3 is 9.64 Å². The summed E-state index contributed by atoms with van der Waals surface area (Å²) in [6.45, 7) is 4.80. The zero-order valence-corrected chi connectivity index (χ0v) is 12.0. The van der Waals surface area contributed by atoms with E-state index in [9.17, 15) is 10.1 Å². The predicted molar refractivity (Wildman–Crippen MR) is 79.2 cm³/mol. The number of ether oxygens (including phenoxy) is 1. The van der Waals surface area contributed by atoms with Crippen LogP contribution in [-0.2, 0) is 4.74 Å². The summed E-state index contributed by atoms with van der Waals surface area (Å²) in [5.74, 6) is 0. The van der Waals surface area contributed by atoms with Crippen molar-refractivity contribution < 1.29 is 9.66 Å². The number of non-ortho nitro benzene ring substituents is 1. The van der Waals surface area contributed by atoms with E-state index >= 15 is 0 Å². The van der Waals surface area contributed by atoms with E-state index < -0.39 is 0 Å². The fourth-order valence-electron chi connectivity index (χ4n) is 2.58. The number of nitro groups is 1. The minimum atomic E-state index is -0.363. The van der Waals surface area contributed by atoms with Gasteiger partial charge in [0.1, 0.15) is 0 Å². The smallest absolute Gasteiger partial charge is 0.269 e. The molecule has 5 heteroatoms. The second kappa shape index (κ2) is 7.24. The van der Waals surface area contributed by atoms with E-state index in [1.165, 1.54) is 6.42 Å². The highest BCUT2D eigenvalue weighted by atomic mass is 16.6. The molecule has 2 rings (SSSR count). The van der Waals surface area contributed by atoms with Crippen LogP contribution in [0.15, 0.2) is 24.3 Å². The third kappa shape index (κ3) is 3.93. The highest BCUT2D eigenvalue weighted by Gasteiger charge is 2.18. The van der Waals surface area contributed by atoms with Crippen molar-refractivity contribution >= 4 is 11.4 Å². The van der Waals surface area contributed by atoms with E-state index in [4.69, 9.17) is 4.74 Å². The van der Waals surface area contributed by atoms with Crippen molar-refractivity contribution in [3.63, 3.8) is 0 Å². The SMILES string of the molecule is CCCN(CC1CCCCO1)c1ccc([N+](=O)[O-])cc1. The third-order valence-corrected chi connectivity index (χ3v) is 3.62. The first-order valence-corrected chi connectivity index (χ1v) is 7.31. The van der Waals surface area contributed by atoms with Crippen LogP contribution in [-0.4, -0.2) is 30.7 Å². The highest BCUT2D eigenvalue weighted by molar-refractivity contribution is 5.51. The van der Waals surface area contributed by atoms with E-state index in [0.717, 1.165) is 44.6 Å². The van der Waals surface area contributed by atoms with Gasteiger partial charge in [0, 0.05) is 37.5 Å². The fourth-order valence-corrected chi connectivity index (χ4v) is 2.58. The Bertz CT molecular complexity index is 427. The van der Waals surface area contributed by atoms with Gasteiger partial charge in [-0.1, -0.05) is 6.92 Å². The Morgan fingerprint density at radius 1 is 1.35 bits per heavy atom. The van der Waals surface area contributed by atoms with Crippen molar-refractivity contribution in [2.75, 3.05) is 24.6 Å². The van der Waals surface area contributed by atoms with Crippen molar-refractivity contribution in [2.24, 2.45) is 0 Å². The molecule has 5 nitrogen and oxygen atoms in total. The molecule has 1 heterocycles. The standard InChI is InChI=1S/C15H22N2O3/c1-2-10-16(12-15-5-3-4-11-20-15)13-6-8-14(9-7-13)17(18)19/h6-9,15H,2-5,10-12H2,1H3. The summed E-state index contributed by atoms with van der Waals surface area (Å²) in [4.78, 5) is 12.6. The van der Waals surface area contributed by atoms with Gasteiger partial charge in [-0.15, -0.1) is 0 Å². The molecule has 1 aromatic carbocycles. The van der Waals surface area contributed by atoms with Gasteiger partial charge in [-0.05, 0) is 37.8 Å². The van der Waals surface area contributed by atoms with Gasteiger partial charge >= 0.3 is 0 Å². The van der Waals surface area contributed by atoms with Crippen LogP contribution in [0.1, 0.15) is 32.6 Å². The molecule has 0 N–H and O–H groups in total. The normalized spacial score (nSPS) is 18.8. The van der Waals surface area contributed by atoms with Crippen molar-refractivity contribution in [1.82, 2.24) is 0 Å². The lowest BCUT2D eigenvalue weighted by Crippen LogP contribution is -2.36. The Kier molecular flexibility index (Phi) is 5.35. The molecule has 0 saturated carbocycles. The summed E-state index contributed by atoms with van der Waals surface area (Å²) in [5.41, 5.74) is 1.17. The molecule has 0 spiro atoms. The van der Waals surface area contributed by atoms with E-state index in [0.29, 0.717) is 0 Å². The first kappa shape index (κ1) is 14.8. The van der Waals surface area contributed by atoms with Gasteiger partial charge in [-0.2, -0.15) is 0 Å². The minimum Gasteiger partial charge on any atom is -0.376 e. The van der Waals surface area contributed by atoms with Crippen LogP contribution in [0.5, 0.6) is 0 Å². The average Bonchev–Trinajstić information content (AvgIpc) is 2.48. The van der Waals surface area contributed by atoms with Gasteiger partial charge in [0.05, 0.1) is 11.0 Å². The van der Waals surface area contributed by atoms with Crippen LogP contribution in [0, 0.1) is 10.1 Å². The molecule has 0 aliphatic carbocycles. The molecule has 0 bridgehead atoms. The summed E-state index contributed by atoms with van der Waals surface area (Å²) in [6, 6.07) is 6.80. The Morgan fingerprint density at radius 3 is 2.65 bits per heavy atom. The maximum absolute atomic E-state index is 10.7. The molecule has 1 aliphatic rings. The highest BCUT2D eigenvalue weighted by Crippen LogP contribution is 2.22. The van der Waals surface area contributed by atoms with Crippen molar-refractivity contribution in [3.05, 3.63) is 34.4 Å². The van der Waals surface area contributed by atoms with Crippen molar-refractivity contribution in [1.29, 1.82) is 0 Å². The number of rotatable bonds is 6. The van der Waals surface area contributed by atoms with Gasteiger partial charge in [-0.25, -0.2) is 0 Å². The number of nitrogens with zero attached hydrogens (tertiary/aromatic N) is 2. The minimum absolute atomic E-state index is 0.138. The Balaban J connectivity index is 2.04. The number of anilines is 1. The monoisotopic (exact) mass is 278 g/mol. The molecule has 20 heavy (non-hydrogen) atoms. The number of nitro benzene ring substituents is 1. The molecule has 1 atom stereocenters. The first-order chi connectivity index (χ1) is 9.70. The average molecular weight is 278 g/mol. The Labute approximate surface area is 119 Å². The maximum Gasteiger partial charge on any atom is 0.269 e. The molecule has 0 radical (unpaired) electrons. The molecular weight excluding hydrogens is 256 g/mol. The number of hydrogen-bond donors (Lipinski definition) is 0. The number of benzene rings is 1. The Hall–Kier alpha value is -1.62. The quantitative estimate of drug-likeness (QED) is 0.591. The van der Waals surface area contributed by atoms with Gasteiger partial charge in [0.2, 0.25) is 0 Å². The fraction of sp³-hybridized carbons (Fsp3) is 0.600. The number of hydrogen-bond acceptors (Lipinski definition) is 4. The van der Waals surface area contributed by atoms with Crippen molar-refractivity contribution in [2.45, 2.75) is 38.7 Å². The summed E-state index contributed by atoms with van der Waals surface area (Å²) in [5, 5.41) is 10.7. The van der Waals surface area contributed by atoms with Crippen LogP contribution in [0.25, 0.3) is 0 Å². The van der Waals surface area contributed by atoms with Gasteiger partial charge in [-0.3, -0.25) is 10.1 Å². The molecule has 0 amide bonds. The summed E-state index contributed by atoms with van der Waals surface area (Å²) >= 11 is 0. The summed E-state index contributed by atoms with van der Waals surface area (Å²) in [6.07, 6.45) is 4.81. The molecule has 1 fully saturated rings. The third-order valence-electron chi connectivity index (χ3n) is 3.62. The van der Waals surface area contributed by atoms with Crippen LogP contribution >= 0.6 is 0 Å². The lowest BCUT2D eigenvalue weighted by atomic mass is 10.1. The molecule has 110 valence electrons. The molecule has 1 aliphatic heterocycles. The largest absolute Gasteiger partial charge is 0.376 e. The second-order valence-electron chi connectivity index (χ2n) is 5.21. The van der Waals surface area contributed by atoms with Crippen LogP contribution in [0.4, 0.5) is 11.4 Å². The van der Waals surface area contributed by atoms with Crippen LogP contribution < -0.4 is 4.90 Å². The zero-order valence-electron chi connectivity index (χ0n) is 12.0. The lowest BCUT2D eigenvalue weighted by molar-refractivity contribution is -0.384. The predicted octanol–water partition coefficient (Wildman–Crippen LogP) is 3.38. The van der Waals surface area contributed by atoms with E-state index in [2.05, 4.69) is 11.8 Å². The first-order valence-electron chi connectivity index (χ1n) is 7.31. The molecule has 1 aromatic rings. The van der Waals surface area contributed by atoms with E-state index in [-0.39, 0.29) is 16.7 Å². The maximum atomic E-state index is 10.7. The van der Waals surface area contributed by atoms with Crippen LogP contribution in [0.3, 0.4) is 0 Å². The summed E-state index contributed by atoms with van der Waals surface area (Å²) < 4.78 is 5.79. The molecule has 0 aromatic heterocycles. The molecule has 1 unspecified atom stereocenters. The Morgan fingerprint density at radius 2 is 2.10 bits per heavy atom.